The fourth-order valence-electron chi connectivity index (χ4n) is 3.90. The van der Waals surface area contributed by atoms with E-state index in [0.717, 1.165) is 22.3 Å². The quantitative estimate of drug-likeness (QED) is 0.620. The van der Waals surface area contributed by atoms with Crippen LogP contribution < -0.4 is 5.32 Å². The average molecular weight is 464 g/mol. The summed E-state index contributed by atoms with van der Waals surface area (Å²) in [5, 5.41) is 11.2. The molecular weight excluding hydrogens is 441 g/mol. The molecular formula is C23H23F3N2O5. The maximum absolute atomic E-state index is 12.6. The van der Waals surface area contributed by atoms with Gasteiger partial charge >= 0.3 is 18.2 Å². The van der Waals surface area contributed by atoms with Crippen LogP contribution in [0.5, 0.6) is 0 Å². The van der Waals surface area contributed by atoms with E-state index < -0.39 is 49.7 Å². The number of carbonyl (C=O) groups is 3. The Morgan fingerprint density at radius 3 is 2.12 bits per heavy atom. The van der Waals surface area contributed by atoms with Gasteiger partial charge in [-0.2, -0.15) is 13.2 Å². The van der Waals surface area contributed by atoms with Crippen molar-refractivity contribution < 1.29 is 37.4 Å². The molecule has 2 aromatic carbocycles. The van der Waals surface area contributed by atoms with Crippen LogP contribution >= 0.6 is 0 Å². The molecule has 0 radical (unpaired) electrons. The Balaban J connectivity index is 1.56. The number of amides is 2. The molecule has 0 spiro atoms. The van der Waals surface area contributed by atoms with Gasteiger partial charge in [-0.15, -0.1) is 0 Å². The zero-order chi connectivity index (χ0) is 24.2. The number of hydrogen-bond acceptors (Lipinski definition) is 4. The van der Waals surface area contributed by atoms with Gasteiger partial charge in [-0.05, 0) is 29.2 Å². The van der Waals surface area contributed by atoms with Crippen LogP contribution in [0.2, 0.25) is 0 Å². The van der Waals surface area contributed by atoms with Gasteiger partial charge in [0.25, 0.3) is 0 Å². The molecule has 0 aromatic heterocycles. The van der Waals surface area contributed by atoms with E-state index >= 15 is 0 Å². The lowest BCUT2D eigenvalue weighted by Crippen LogP contribution is -2.45. The number of alkyl carbamates (subject to hydrolysis) is 1. The molecule has 1 unspecified atom stereocenters. The molecule has 2 N–H and O–H groups in total. The SMILES string of the molecule is CC(CC(=O)N(CC(=O)O)CC(F)(F)F)NC(=O)OCC1c2ccccc2-c2ccccc21. The monoisotopic (exact) mass is 464 g/mol. The minimum absolute atomic E-state index is 0.0414. The molecule has 2 amide bonds. The van der Waals surface area contributed by atoms with Gasteiger partial charge < -0.3 is 20.1 Å². The second kappa shape index (κ2) is 9.93. The normalized spacial score (nSPS) is 13.6. The molecule has 0 aliphatic heterocycles. The Kier molecular flexibility index (Phi) is 7.25. The van der Waals surface area contributed by atoms with E-state index in [4.69, 9.17) is 9.84 Å². The first kappa shape index (κ1) is 24.1. The second-order valence-corrected chi connectivity index (χ2v) is 7.83. The molecule has 7 nitrogen and oxygen atoms in total. The number of carboxylic acid groups (broad SMARTS) is 1. The highest BCUT2D eigenvalue weighted by atomic mass is 19.4. The van der Waals surface area contributed by atoms with Gasteiger partial charge in [0.1, 0.15) is 19.7 Å². The molecule has 2 aromatic rings. The van der Waals surface area contributed by atoms with Gasteiger partial charge in [0.15, 0.2) is 0 Å². The maximum atomic E-state index is 12.6. The number of carboxylic acids is 1. The zero-order valence-corrected chi connectivity index (χ0v) is 17.8. The predicted molar refractivity (Wildman–Crippen MR) is 113 cm³/mol. The molecule has 1 aliphatic rings. The molecule has 0 saturated carbocycles. The fourth-order valence-corrected chi connectivity index (χ4v) is 3.90. The number of nitrogens with one attached hydrogen (secondary N) is 1. The Labute approximate surface area is 188 Å². The summed E-state index contributed by atoms with van der Waals surface area (Å²) in [5.74, 6) is -2.77. The van der Waals surface area contributed by atoms with Gasteiger partial charge in [0.05, 0.1) is 0 Å². The number of benzene rings is 2. The van der Waals surface area contributed by atoms with Crippen molar-refractivity contribution in [2.75, 3.05) is 19.7 Å². The summed E-state index contributed by atoms with van der Waals surface area (Å²) < 4.78 is 43.3. The minimum atomic E-state index is -4.74. The van der Waals surface area contributed by atoms with Gasteiger partial charge in [-0.25, -0.2) is 4.79 Å². The number of hydrogen-bond donors (Lipinski definition) is 2. The van der Waals surface area contributed by atoms with Crippen molar-refractivity contribution in [3.05, 3.63) is 59.7 Å². The van der Waals surface area contributed by atoms with E-state index in [0.29, 0.717) is 0 Å². The van der Waals surface area contributed by atoms with E-state index in [2.05, 4.69) is 5.32 Å². The lowest BCUT2D eigenvalue weighted by molar-refractivity contribution is -0.166. The number of aliphatic carboxylic acids is 1. The number of fused-ring (bicyclic) bond motifs is 3. The lowest BCUT2D eigenvalue weighted by atomic mass is 9.98. The van der Waals surface area contributed by atoms with E-state index in [1.54, 1.807) is 0 Å². The Morgan fingerprint density at radius 1 is 1.06 bits per heavy atom. The third-order valence-corrected chi connectivity index (χ3v) is 5.24. The van der Waals surface area contributed by atoms with Gasteiger partial charge in [-0.3, -0.25) is 9.59 Å². The number of rotatable bonds is 8. The Bertz CT molecular complexity index is 995. The highest BCUT2D eigenvalue weighted by Crippen LogP contribution is 2.44. The van der Waals surface area contributed by atoms with Crippen LogP contribution in [0.4, 0.5) is 18.0 Å². The topological polar surface area (TPSA) is 95.9 Å². The molecule has 0 saturated heterocycles. The zero-order valence-electron chi connectivity index (χ0n) is 17.8. The van der Waals surface area contributed by atoms with Crippen molar-refractivity contribution in [3.63, 3.8) is 0 Å². The standard InChI is InChI=1S/C23H23F3N2O5/c1-14(10-20(29)28(11-21(30)31)13-23(24,25)26)27-22(32)33-12-19-17-8-4-2-6-15(17)16-7-3-5-9-18(16)19/h2-9,14,19H,10-13H2,1H3,(H,27,32)(H,30,31). The maximum Gasteiger partial charge on any atom is 0.407 e. The summed E-state index contributed by atoms with van der Waals surface area (Å²) in [4.78, 5) is 35.4. The molecule has 0 heterocycles. The molecule has 33 heavy (non-hydrogen) atoms. The van der Waals surface area contributed by atoms with Crippen LogP contribution in [0.1, 0.15) is 30.4 Å². The molecule has 0 fully saturated rings. The number of ether oxygens (including phenoxy) is 1. The fraction of sp³-hybridized carbons (Fsp3) is 0.348. The van der Waals surface area contributed by atoms with Crippen molar-refractivity contribution in [1.29, 1.82) is 0 Å². The lowest BCUT2D eigenvalue weighted by Gasteiger charge is -2.24. The predicted octanol–water partition coefficient (Wildman–Crippen LogP) is 3.78. The van der Waals surface area contributed by atoms with Crippen molar-refractivity contribution >= 4 is 18.0 Å². The Hall–Kier alpha value is -3.56. The van der Waals surface area contributed by atoms with Gasteiger partial charge in [0, 0.05) is 18.4 Å². The largest absolute Gasteiger partial charge is 0.480 e. The first-order valence-electron chi connectivity index (χ1n) is 10.2. The molecule has 176 valence electrons. The molecule has 3 rings (SSSR count). The first-order chi connectivity index (χ1) is 15.5. The van der Waals surface area contributed by atoms with Crippen molar-refractivity contribution in [2.45, 2.75) is 31.5 Å². The van der Waals surface area contributed by atoms with E-state index in [-0.39, 0.29) is 17.4 Å². The van der Waals surface area contributed by atoms with Crippen LogP contribution in [0.15, 0.2) is 48.5 Å². The summed E-state index contributed by atoms with van der Waals surface area (Å²) in [5.41, 5.74) is 4.16. The first-order valence-corrected chi connectivity index (χ1v) is 10.2. The number of halogens is 3. The van der Waals surface area contributed by atoms with Crippen LogP contribution in [0.3, 0.4) is 0 Å². The summed E-state index contributed by atoms with van der Waals surface area (Å²) in [6.07, 6.45) is -6.07. The van der Waals surface area contributed by atoms with Crippen molar-refractivity contribution in [2.24, 2.45) is 0 Å². The summed E-state index contributed by atoms with van der Waals surface area (Å²) in [7, 11) is 0. The van der Waals surface area contributed by atoms with E-state index in [1.807, 2.05) is 48.5 Å². The van der Waals surface area contributed by atoms with Crippen LogP contribution in [-0.2, 0) is 14.3 Å². The number of alkyl halides is 3. The summed E-state index contributed by atoms with van der Waals surface area (Å²) >= 11 is 0. The number of nitrogens with zero attached hydrogens (tertiary/aromatic N) is 1. The van der Waals surface area contributed by atoms with Crippen molar-refractivity contribution in [3.8, 4) is 11.1 Å². The second-order valence-electron chi connectivity index (χ2n) is 7.83. The summed E-state index contributed by atoms with van der Waals surface area (Å²) in [6.45, 7) is -1.31. The molecule has 1 atom stereocenters. The van der Waals surface area contributed by atoms with E-state index in [9.17, 15) is 27.6 Å². The third kappa shape index (κ3) is 6.24. The third-order valence-electron chi connectivity index (χ3n) is 5.24. The van der Waals surface area contributed by atoms with E-state index in [1.165, 1.54) is 6.92 Å². The summed E-state index contributed by atoms with van der Waals surface area (Å²) in [6, 6.07) is 14.7. The molecule has 10 heteroatoms. The van der Waals surface area contributed by atoms with Gasteiger partial charge in [-0.1, -0.05) is 48.5 Å². The van der Waals surface area contributed by atoms with Crippen LogP contribution in [0, 0.1) is 0 Å². The van der Waals surface area contributed by atoms with Crippen LogP contribution in [-0.4, -0.2) is 59.9 Å². The van der Waals surface area contributed by atoms with Gasteiger partial charge in [0.2, 0.25) is 5.91 Å². The minimum Gasteiger partial charge on any atom is -0.480 e. The highest BCUT2D eigenvalue weighted by molar-refractivity contribution is 5.82. The molecule has 0 bridgehead atoms. The highest BCUT2D eigenvalue weighted by Gasteiger charge is 2.34. The Morgan fingerprint density at radius 2 is 1.61 bits per heavy atom. The molecule has 1 aliphatic carbocycles. The smallest absolute Gasteiger partial charge is 0.407 e. The van der Waals surface area contributed by atoms with Crippen LogP contribution in [0.25, 0.3) is 11.1 Å². The average Bonchev–Trinajstić information content (AvgIpc) is 3.04. The number of carbonyl (C=O) groups excluding carboxylic acids is 2. The van der Waals surface area contributed by atoms with Crippen molar-refractivity contribution in [1.82, 2.24) is 10.2 Å².